The van der Waals surface area contributed by atoms with Crippen LogP contribution in [0, 0.1) is 5.92 Å². The fourth-order valence-electron chi connectivity index (χ4n) is 3.54. The quantitative estimate of drug-likeness (QED) is 0.721. The van der Waals surface area contributed by atoms with Crippen LogP contribution in [0.15, 0.2) is 33.4 Å². The molecule has 3 rings (SSSR count). The van der Waals surface area contributed by atoms with Crippen LogP contribution in [0.3, 0.4) is 0 Å². The molecule has 1 fully saturated rings. The van der Waals surface area contributed by atoms with Crippen molar-refractivity contribution in [2.45, 2.75) is 18.9 Å². The van der Waals surface area contributed by atoms with Gasteiger partial charge in [-0.1, -0.05) is 15.9 Å². The molecule has 1 aliphatic rings. The van der Waals surface area contributed by atoms with E-state index in [2.05, 4.69) is 37.7 Å². The third-order valence-corrected chi connectivity index (χ3v) is 6.21. The van der Waals surface area contributed by atoms with Gasteiger partial charge >= 0.3 is 5.97 Å². The molecule has 7 heteroatoms. The second kappa shape index (κ2) is 8.41. The monoisotopic (exact) mass is 439 g/mol. The number of nitrogens with zero attached hydrogens (tertiary/aromatic N) is 1. The molecule has 2 unspecified atom stereocenters. The Bertz CT molecular complexity index is 765. The Kier molecular flexibility index (Phi) is 6.21. The van der Waals surface area contributed by atoms with Crippen LogP contribution < -0.4 is 9.47 Å². The van der Waals surface area contributed by atoms with Crippen LogP contribution in [0.25, 0.3) is 0 Å². The summed E-state index contributed by atoms with van der Waals surface area (Å²) in [5.41, 5.74) is 2.21. The molecular weight excluding hydrogens is 418 g/mol. The predicted octanol–water partition coefficient (Wildman–Crippen LogP) is 4.41. The Balaban J connectivity index is 2.04. The summed E-state index contributed by atoms with van der Waals surface area (Å²) in [6, 6.07) is 5.96. The number of hydrogen-bond donors (Lipinski definition) is 1. The van der Waals surface area contributed by atoms with Crippen molar-refractivity contribution in [1.82, 2.24) is 4.90 Å². The van der Waals surface area contributed by atoms with E-state index in [9.17, 15) is 9.90 Å². The number of likely N-dealkylation sites (tertiary alicyclic amines) is 1. The van der Waals surface area contributed by atoms with Gasteiger partial charge in [0.25, 0.3) is 0 Å². The van der Waals surface area contributed by atoms with Crippen LogP contribution in [-0.2, 0) is 4.79 Å². The molecule has 140 valence electrons. The van der Waals surface area contributed by atoms with Crippen LogP contribution in [-0.4, -0.2) is 43.3 Å². The summed E-state index contributed by atoms with van der Waals surface area (Å²) in [4.78, 5) is 13.8. The molecule has 2 heterocycles. The van der Waals surface area contributed by atoms with E-state index in [1.807, 2.05) is 12.1 Å². The van der Waals surface area contributed by atoms with Crippen molar-refractivity contribution in [3.63, 3.8) is 0 Å². The van der Waals surface area contributed by atoms with Crippen molar-refractivity contribution >= 4 is 33.2 Å². The number of thiophene rings is 1. The van der Waals surface area contributed by atoms with Gasteiger partial charge < -0.3 is 14.6 Å². The molecule has 1 aliphatic heterocycles. The number of ether oxygens (including phenoxy) is 2. The van der Waals surface area contributed by atoms with Crippen molar-refractivity contribution in [1.29, 1.82) is 0 Å². The SMILES string of the molecule is COc1cc(Br)c(C(c2ccsc2)N2CCCC(C(=O)O)C2)cc1OC. The lowest BCUT2D eigenvalue weighted by Gasteiger charge is -2.37. The molecule has 5 nitrogen and oxygen atoms in total. The number of carboxylic acid groups (broad SMARTS) is 1. The maximum absolute atomic E-state index is 11.5. The number of hydrogen-bond acceptors (Lipinski definition) is 5. The summed E-state index contributed by atoms with van der Waals surface area (Å²) < 4.78 is 11.8. The maximum atomic E-state index is 11.5. The van der Waals surface area contributed by atoms with Crippen molar-refractivity contribution in [3.05, 3.63) is 44.6 Å². The van der Waals surface area contributed by atoms with Gasteiger partial charge in [-0.2, -0.15) is 11.3 Å². The largest absolute Gasteiger partial charge is 0.493 e. The summed E-state index contributed by atoms with van der Waals surface area (Å²) in [5.74, 6) is 0.279. The maximum Gasteiger partial charge on any atom is 0.307 e. The molecule has 1 aromatic heterocycles. The second-order valence-corrected chi connectivity index (χ2v) is 7.99. The predicted molar refractivity (Wildman–Crippen MR) is 105 cm³/mol. The van der Waals surface area contributed by atoms with E-state index >= 15 is 0 Å². The van der Waals surface area contributed by atoms with E-state index in [4.69, 9.17) is 9.47 Å². The first-order valence-electron chi connectivity index (χ1n) is 8.45. The van der Waals surface area contributed by atoms with Crippen molar-refractivity contribution < 1.29 is 19.4 Å². The van der Waals surface area contributed by atoms with Crippen molar-refractivity contribution in [2.24, 2.45) is 5.92 Å². The van der Waals surface area contributed by atoms with Crippen LogP contribution in [0.5, 0.6) is 11.5 Å². The second-order valence-electron chi connectivity index (χ2n) is 6.36. The Hall–Kier alpha value is -1.57. The average molecular weight is 440 g/mol. The van der Waals surface area contributed by atoms with E-state index < -0.39 is 5.97 Å². The first-order valence-corrected chi connectivity index (χ1v) is 10.2. The van der Waals surface area contributed by atoms with Crippen molar-refractivity contribution in [2.75, 3.05) is 27.3 Å². The van der Waals surface area contributed by atoms with Crippen molar-refractivity contribution in [3.8, 4) is 11.5 Å². The molecule has 1 N–H and O–H groups in total. The minimum absolute atomic E-state index is 0.0300. The molecule has 0 radical (unpaired) electrons. The zero-order valence-electron chi connectivity index (χ0n) is 14.8. The van der Waals surface area contributed by atoms with E-state index in [0.29, 0.717) is 18.0 Å². The highest BCUT2D eigenvalue weighted by Crippen LogP contribution is 2.42. The molecule has 2 atom stereocenters. The molecule has 0 spiro atoms. The summed E-state index contributed by atoms with van der Waals surface area (Å²) in [6.45, 7) is 1.40. The first kappa shape index (κ1) is 19.2. The number of carbonyl (C=O) groups is 1. The Morgan fingerprint density at radius 3 is 2.69 bits per heavy atom. The Morgan fingerprint density at radius 2 is 2.08 bits per heavy atom. The highest BCUT2D eigenvalue weighted by atomic mass is 79.9. The van der Waals surface area contributed by atoms with Crippen LogP contribution in [0.2, 0.25) is 0 Å². The fourth-order valence-corrected chi connectivity index (χ4v) is 4.76. The lowest BCUT2D eigenvalue weighted by molar-refractivity contribution is -0.143. The van der Waals surface area contributed by atoms with E-state index in [1.165, 1.54) is 0 Å². The average Bonchev–Trinajstić information content (AvgIpc) is 3.17. The molecule has 0 bridgehead atoms. The molecule has 26 heavy (non-hydrogen) atoms. The first-order chi connectivity index (χ1) is 12.5. The van der Waals surface area contributed by atoms with Crippen LogP contribution in [0.4, 0.5) is 0 Å². The highest BCUT2D eigenvalue weighted by molar-refractivity contribution is 9.10. The van der Waals surface area contributed by atoms with Gasteiger partial charge in [0.1, 0.15) is 0 Å². The summed E-state index contributed by atoms with van der Waals surface area (Å²) in [5, 5.41) is 13.6. The Morgan fingerprint density at radius 1 is 1.35 bits per heavy atom. The molecule has 0 aliphatic carbocycles. The van der Waals surface area contributed by atoms with Gasteiger partial charge in [0.05, 0.1) is 26.2 Å². The van der Waals surface area contributed by atoms with E-state index in [-0.39, 0.29) is 12.0 Å². The van der Waals surface area contributed by atoms with Gasteiger partial charge in [0.15, 0.2) is 11.5 Å². The van der Waals surface area contributed by atoms with Gasteiger partial charge in [-0.25, -0.2) is 0 Å². The number of benzene rings is 1. The molecule has 1 saturated heterocycles. The minimum atomic E-state index is -0.717. The molecule has 0 saturated carbocycles. The number of piperidine rings is 1. The van der Waals surface area contributed by atoms with E-state index in [0.717, 1.165) is 35.0 Å². The lowest BCUT2D eigenvalue weighted by Crippen LogP contribution is -2.41. The third-order valence-electron chi connectivity index (χ3n) is 4.82. The van der Waals surface area contributed by atoms with Gasteiger partial charge in [0, 0.05) is 11.0 Å². The molecule has 2 aromatic rings. The summed E-state index contributed by atoms with van der Waals surface area (Å²) in [7, 11) is 3.24. The molecular formula is C19H22BrNO4S. The van der Waals surface area contributed by atoms with Gasteiger partial charge in [-0.05, 0) is 59.5 Å². The number of rotatable bonds is 6. The van der Waals surface area contributed by atoms with Gasteiger partial charge in [-0.3, -0.25) is 9.69 Å². The smallest absolute Gasteiger partial charge is 0.307 e. The fraction of sp³-hybridized carbons (Fsp3) is 0.421. The standard InChI is InChI=1S/C19H22BrNO4S/c1-24-16-8-14(15(20)9-17(16)25-2)18(13-5-7-26-11-13)21-6-3-4-12(10-21)19(22)23/h5,7-9,11-12,18H,3-4,6,10H2,1-2H3,(H,22,23). The molecule has 1 aromatic carbocycles. The zero-order valence-corrected chi connectivity index (χ0v) is 17.2. The number of halogens is 1. The van der Waals surface area contributed by atoms with Gasteiger partial charge in [-0.15, -0.1) is 0 Å². The number of aliphatic carboxylic acids is 1. The Labute approximate surface area is 165 Å². The summed E-state index contributed by atoms with van der Waals surface area (Å²) >= 11 is 5.32. The topological polar surface area (TPSA) is 59.0 Å². The lowest BCUT2D eigenvalue weighted by atomic mass is 9.92. The normalized spacial score (nSPS) is 19.1. The number of methoxy groups -OCH3 is 2. The van der Waals surface area contributed by atoms with Gasteiger partial charge in [0.2, 0.25) is 0 Å². The van der Waals surface area contributed by atoms with Crippen LogP contribution in [0.1, 0.15) is 30.0 Å². The molecule has 0 amide bonds. The third kappa shape index (κ3) is 3.89. The summed E-state index contributed by atoms with van der Waals surface area (Å²) in [6.07, 6.45) is 1.61. The van der Waals surface area contributed by atoms with E-state index in [1.54, 1.807) is 25.6 Å². The number of carboxylic acids is 1. The highest BCUT2D eigenvalue weighted by Gasteiger charge is 2.32. The minimum Gasteiger partial charge on any atom is -0.493 e. The zero-order chi connectivity index (χ0) is 18.7. The van der Waals surface area contributed by atoms with Crippen LogP contribution >= 0.6 is 27.3 Å².